The summed E-state index contributed by atoms with van der Waals surface area (Å²) in [4.78, 5) is 22.0. The Balaban J connectivity index is 3.25. The number of hydrogen-bond acceptors (Lipinski definition) is 3. The Morgan fingerprint density at radius 2 is 2.07 bits per heavy atom. The zero-order valence-electron chi connectivity index (χ0n) is 9.00. The second kappa shape index (κ2) is 3.45. The highest BCUT2D eigenvalue weighted by Gasteiger charge is 2.23. The van der Waals surface area contributed by atoms with Gasteiger partial charge in [-0.2, -0.15) is 0 Å². The Morgan fingerprint density at radius 3 is 2.40 bits per heavy atom. The number of aromatic nitrogens is 2. The van der Waals surface area contributed by atoms with E-state index in [2.05, 4.69) is 5.10 Å². The molecule has 1 rings (SSSR count). The molecule has 84 valence electrons. The first-order chi connectivity index (χ1) is 6.73. The number of rotatable bonds is 2. The van der Waals surface area contributed by atoms with Crippen LogP contribution < -0.4 is 11.3 Å². The average Bonchev–Trinajstić information content (AvgIpc) is 2.30. The highest BCUT2D eigenvalue weighted by Crippen LogP contribution is 2.23. The normalized spacial score (nSPS) is 11.7. The van der Waals surface area contributed by atoms with Crippen molar-refractivity contribution in [1.29, 1.82) is 0 Å². The number of carboxylic acid groups (broad SMARTS) is 1. The van der Waals surface area contributed by atoms with Crippen molar-refractivity contribution in [2.75, 3.05) is 5.73 Å². The maximum absolute atomic E-state index is 11.5. The number of nitrogens with zero attached hydrogens (tertiary/aromatic N) is 1. The molecule has 0 aliphatic rings. The van der Waals surface area contributed by atoms with Gasteiger partial charge in [-0.1, -0.05) is 20.8 Å². The predicted octanol–water partition coefficient (Wildman–Crippen LogP) is 0.141. The molecule has 0 radical (unpaired) electrons. The van der Waals surface area contributed by atoms with Crippen LogP contribution >= 0.6 is 0 Å². The Morgan fingerprint density at radius 1 is 1.53 bits per heavy atom. The minimum Gasteiger partial charge on any atom is -0.480 e. The maximum Gasteiger partial charge on any atom is 0.325 e. The summed E-state index contributed by atoms with van der Waals surface area (Å²) in [7, 11) is 0. The number of nitrogens with one attached hydrogen (secondary N) is 1. The van der Waals surface area contributed by atoms with Gasteiger partial charge in [0.05, 0.1) is 5.69 Å². The second-order valence-corrected chi connectivity index (χ2v) is 4.44. The first-order valence-electron chi connectivity index (χ1n) is 4.54. The van der Waals surface area contributed by atoms with Crippen LogP contribution in [0, 0.1) is 0 Å². The fourth-order valence-corrected chi connectivity index (χ4v) is 1.32. The molecule has 6 heteroatoms. The molecule has 1 aromatic heterocycles. The third-order valence-corrected chi connectivity index (χ3v) is 2.04. The topological polar surface area (TPSA) is 101 Å². The number of carbonyl (C=O) groups is 1. The third kappa shape index (κ3) is 2.20. The van der Waals surface area contributed by atoms with E-state index in [1.807, 2.05) is 20.8 Å². The molecule has 0 amide bonds. The molecule has 0 saturated heterocycles. The molecular formula is C9H15N3O3. The Bertz CT molecular complexity index is 436. The summed E-state index contributed by atoms with van der Waals surface area (Å²) < 4.78 is 0.998. The molecule has 0 atom stereocenters. The summed E-state index contributed by atoms with van der Waals surface area (Å²) in [6.45, 7) is 5.26. The number of hydrogen-bond donors (Lipinski definition) is 3. The molecule has 0 fully saturated rings. The smallest absolute Gasteiger partial charge is 0.325 e. The van der Waals surface area contributed by atoms with Gasteiger partial charge in [-0.3, -0.25) is 14.7 Å². The summed E-state index contributed by atoms with van der Waals surface area (Å²) >= 11 is 0. The van der Waals surface area contributed by atoms with Crippen LogP contribution in [0.3, 0.4) is 0 Å². The third-order valence-electron chi connectivity index (χ3n) is 2.04. The molecule has 0 aromatic carbocycles. The van der Waals surface area contributed by atoms with Crippen LogP contribution in [-0.4, -0.2) is 20.9 Å². The fraction of sp³-hybridized carbons (Fsp3) is 0.556. The number of aliphatic carboxylic acids is 1. The molecule has 0 spiro atoms. The van der Waals surface area contributed by atoms with Gasteiger partial charge in [0.15, 0.2) is 0 Å². The van der Waals surface area contributed by atoms with E-state index >= 15 is 0 Å². The fourth-order valence-electron chi connectivity index (χ4n) is 1.32. The van der Waals surface area contributed by atoms with Gasteiger partial charge in [0, 0.05) is 5.41 Å². The summed E-state index contributed by atoms with van der Waals surface area (Å²) in [5, 5.41) is 11.3. The predicted molar refractivity (Wildman–Crippen MR) is 55.8 cm³/mol. The molecule has 1 aromatic rings. The lowest BCUT2D eigenvalue weighted by Crippen LogP contribution is -2.22. The first-order valence-corrected chi connectivity index (χ1v) is 4.54. The van der Waals surface area contributed by atoms with Gasteiger partial charge in [0.1, 0.15) is 12.2 Å². The van der Waals surface area contributed by atoms with E-state index < -0.39 is 18.1 Å². The molecule has 6 nitrogen and oxygen atoms in total. The minimum absolute atomic E-state index is 0.0868. The number of H-pyrrole nitrogens is 1. The van der Waals surface area contributed by atoms with E-state index in [4.69, 9.17) is 10.8 Å². The van der Waals surface area contributed by atoms with E-state index in [0.29, 0.717) is 5.69 Å². The molecule has 15 heavy (non-hydrogen) atoms. The minimum atomic E-state index is -1.08. The lowest BCUT2D eigenvalue weighted by molar-refractivity contribution is -0.137. The molecule has 0 saturated carbocycles. The molecule has 1 heterocycles. The first kappa shape index (κ1) is 11.4. The van der Waals surface area contributed by atoms with E-state index in [9.17, 15) is 9.59 Å². The lowest BCUT2D eigenvalue weighted by atomic mass is 9.91. The van der Waals surface area contributed by atoms with Crippen molar-refractivity contribution in [3.8, 4) is 0 Å². The van der Waals surface area contributed by atoms with Crippen LogP contribution in [-0.2, 0) is 16.8 Å². The van der Waals surface area contributed by atoms with Gasteiger partial charge < -0.3 is 10.8 Å². The Kier molecular flexibility index (Phi) is 2.61. The summed E-state index contributed by atoms with van der Waals surface area (Å²) in [5.74, 6) is -1.08. The molecule has 4 N–H and O–H groups in total. The summed E-state index contributed by atoms with van der Waals surface area (Å²) in [5.41, 5.74) is 5.46. The monoisotopic (exact) mass is 213 g/mol. The van der Waals surface area contributed by atoms with Gasteiger partial charge in [-0.15, -0.1) is 0 Å². The number of aromatic amines is 1. The standard InChI is InChI=1S/C9H15N3O3/c1-9(2,3)7-6(10)8(15)12(11-7)4-5(13)14/h11H,4,10H2,1-3H3,(H,13,14). The van der Waals surface area contributed by atoms with E-state index in [1.54, 1.807) is 0 Å². The van der Waals surface area contributed by atoms with Crippen LogP contribution in [0.15, 0.2) is 4.79 Å². The largest absolute Gasteiger partial charge is 0.480 e. The van der Waals surface area contributed by atoms with Gasteiger partial charge in [-0.25, -0.2) is 4.68 Å². The molecule has 0 aliphatic carbocycles. The van der Waals surface area contributed by atoms with E-state index in [1.165, 1.54) is 0 Å². The quantitative estimate of drug-likeness (QED) is 0.650. The highest BCUT2D eigenvalue weighted by molar-refractivity contribution is 5.66. The molecular weight excluding hydrogens is 198 g/mol. The van der Waals surface area contributed by atoms with Crippen molar-refractivity contribution in [2.45, 2.75) is 32.7 Å². The van der Waals surface area contributed by atoms with Crippen LogP contribution in [0.25, 0.3) is 0 Å². The van der Waals surface area contributed by atoms with E-state index in [0.717, 1.165) is 4.68 Å². The van der Waals surface area contributed by atoms with Crippen molar-refractivity contribution in [1.82, 2.24) is 9.78 Å². The molecule has 0 bridgehead atoms. The van der Waals surface area contributed by atoms with Crippen LogP contribution in [0.2, 0.25) is 0 Å². The Hall–Kier alpha value is -1.72. The van der Waals surface area contributed by atoms with Gasteiger partial charge in [0.2, 0.25) is 0 Å². The number of carboxylic acids is 1. The van der Waals surface area contributed by atoms with Crippen molar-refractivity contribution >= 4 is 11.7 Å². The van der Waals surface area contributed by atoms with E-state index in [-0.39, 0.29) is 11.1 Å². The zero-order valence-corrected chi connectivity index (χ0v) is 9.00. The molecule has 0 unspecified atom stereocenters. The number of anilines is 1. The summed E-state index contributed by atoms with van der Waals surface area (Å²) in [6.07, 6.45) is 0. The van der Waals surface area contributed by atoms with Crippen molar-refractivity contribution < 1.29 is 9.90 Å². The Labute approximate surface area is 86.7 Å². The van der Waals surface area contributed by atoms with Crippen molar-refractivity contribution in [3.05, 3.63) is 16.0 Å². The van der Waals surface area contributed by atoms with Gasteiger partial charge >= 0.3 is 5.97 Å². The maximum atomic E-state index is 11.5. The van der Waals surface area contributed by atoms with Crippen LogP contribution in [0.5, 0.6) is 0 Å². The average molecular weight is 213 g/mol. The highest BCUT2D eigenvalue weighted by atomic mass is 16.4. The number of nitrogen functional groups attached to an aromatic ring is 1. The lowest BCUT2D eigenvalue weighted by Gasteiger charge is -2.16. The second-order valence-electron chi connectivity index (χ2n) is 4.44. The summed E-state index contributed by atoms with van der Waals surface area (Å²) in [6, 6.07) is 0. The van der Waals surface area contributed by atoms with Gasteiger partial charge in [0.25, 0.3) is 5.56 Å². The number of nitrogens with two attached hydrogens (primary N) is 1. The van der Waals surface area contributed by atoms with Crippen LogP contribution in [0.1, 0.15) is 26.5 Å². The van der Waals surface area contributed by atoms with Gasteiger partial charge in [-0.05, 0) is 0 Å². The van der Waals surface area contributed by atoms with Crippen LogP contribution in [0.4, 0.5) is 5.69 Å². The zero-order chi connectivity index (χ0) is 11.8. The van der Waals surface area contributed by atoms with Crippen molar-refractivity contribution in [3.63, 3.8) is 0 Å². The van der Waals surface area contributed by atoms with Crippen molar-refractivity contribution in [2.24, 2.45) is 0 Å². The molecule has 0 aliphatic heterocycles. The SMILES string of the molecule is CC(C)(C)c1[nH]n(CC(=O)O)c(=O)c1N.